The Kier molecular flexibility index (Phi) is 3.57. The fourth-order valence-corrected chi connectivity index (χ4v) is 2.08. The average Bonchev–Trinajstić information content (AvgIpc) is 2.83. The zero-order valence-electron chi connectivity index (χ0n) is 9.81. The van der Waals surface area contributed by atoms with Gasteiger partial charge in [-0.3, -0.25) is 4.79 Å². The van der Waals surface area contributed by atoms with Crippen LogP contribution in [0.15, 0.2) is 23.6 Å². The molecule has 0 saturated carbocycles. The lowest BCUT2D eigenvalue weighted by Crippen LogP contribution is -2.14. The molecule has 98 valence electrons. The molecule has 1 aromatic carbocycles. The number of hydrogen-bond acceptors (Lipinski definition) is 4. The van der Waals surface area contributed by atoms with Crippen molar-refractivity contribution < 1.29 is 19.1 Å². The quantitative estimate of drug-likeness (QED) is 0.905. The molecule has 1 amide bonds. The minimum absolute atomic E-state index is 0.0509. The predicted octanol–water partition coefficient (Wildman–Crippen LogP) is 2.54. The number of carbonyl (C=O) groups is 2. The summed E-state index contributed by atoms with van der Waals surface area (Å²) in [6, 6.07) is 4.42. The number of carbonyl (C=O) groups excluding carboxylic acids is 1. The largest absolute Gasteiger partial charge is 0.476 e. The Morgan fingerprint density at radius 2 is 2.16 bits per heavy atom. The highest BCUT2D eigenvalue weighted by molar-refractivity contribution is 7.11. The zero-order chi connectivity index (χ0) is 14.0. The van der Waals surface area contributed by atoms with E-state index in [0.717, 1.165) is 11.3 Å². The first-order valence-electron chi connectivity index (χ1n) is 5.24. The van der Waals surface area contributed by atoms with Crippen LogP contribution >= 0.6 is 11.3 Å². The highest BCUT2D eigenvalue weighted by Gasteiger charge is 2.16. The molecule has 1 heterocycles. The van der Waals surface area contributed by atoms with Gasteiger partial charge in [0.2, 0.25) is 5.01 Å². The monoisotopic (exact) mass is 280 g/mol. The van der Waals surface area contributed by atoms with Crippen molar-refractivity contribution in [2.75, 3.05) is 5.32 Å². The second-order valence-corrected chi connectivity index (χ2v) is 4.59. The molecule has 0 saturated heterocycles. The van der Waals surface area contributed by atoms with Crippen molar-refractivity contribution in [1.82, 2.24) is 4.98 Å². The van der Waals surface area contributed by atoms with Gasteiger partial charge in [0.05, 0.1) is 5.69 Å². The van der Waals surface area contributed by atoms with E-state index in [2.05, 4.69) is 10.3 Å². The van der Waals surface area contributed by atoms with Crippen molar-refractivity contribution in [2.24, 2.45) is 0 Å². The number of hydrogen-bond donors (Lipinski definition) is 2. The van der Waals surface area contributed by atoms with E-state index in [1.165, 1.54) is 17.5 Å². The van der Waals surface area contributed by atoms with Gasteiger partial charge in [0.1, 0.15) is 11.5 Å². The Hall–Kier alpha value is -2.28. The van der Waals surface area contributed by atoms with E-state index >= 15 is 0 Å². The van der Waals surface area contributed by atoms with Gasteiger partial charge in [0.15, 0.2) is 0 Å². The third-order valence-corrected chi connectivity index (χ3v) is 3.21. The van der Waals surface area contributed by atoms with Gasteiger partial charge in [-0.2, -0.15) is 0 Å². The molecule has 0 fully saturated rings. The number of benzene rings is 1. The highest BCUT2D eigenvalue weighted by atomic mass is 32.1. The Balaban J connectivity index is 2.23. The first-order chi connectivity index (χ1) is 8.99. The summed E-state index contributed by atoms with van der Waals surface area (Å²) in [5, 5.41) is 12.2. The minimum atomic E-state index is -1.20. The zero-order valence-corrected chi connectivity index (χ0v) is 10.6. The van der Waals surface area contributed by atoms with Crippen LogP contribution in [0.5, 0.6) is 0 Å². The lowest BCUT2D eigenvalue weighted by atomic mass is 10.2. The lowest BCUT2D eigenvalue weighted by Gasteiger charge is -2.07. The summed E-state index contributed by atoms with van der Waals surface area (Å²) < 4.78 is 13.5. The molecule has 1 aromatic heterocycles. The number of para-hydroxylation sites is 1. The van der Waals surface area contributed by atoms with Gasteiger partial charge in [-0.15, -0.1) is 11.3 Å². The van der Waals surface area contributed by atoms with Crippen LogP contribution in [0.3, 0.4) is 0 Å². The normalized spacial score (nSPS) is 10.2. The van der Waals surface area contributed by atoms with Crippen molar-refractivity contribution in [3.63, 3.8) is 0 Å². The Morgan fingerprint density at radius 1 is 1.42 bits per heavy atom. The molecular weight excluding hydrogens is 271 g/mol. The van der Waals surface area contributed by atoms with Crippen molar-refractivity contribution >= 4 is 28.9 Å². The maximum Gasteiger partial charge on any atom is 0.365 e. The summed E-state index contributed by atoms with van der Waals surface area (Å²) in [7, 11) is 0. The Labute approximate surface area is 111 Å². The molecule has 0 aliphatic rings. The number of thiazole rings is 1. The van der Waals surface area contributed by atoms with Crippen LogP contribution in [0.2, 0.25) is 0 Å². The van der Waals surface area contributed by atoms with E-state index < -0.39 is 17.7 Å². The SMILES string of the molecule is Cc1cccc(F)c1NC(=O)c1csc(C(=O)O)n1. The number of carboxylic acids is 1. The number of aromatic nitrogens is 1. The Morgan fingerprint density at radius 3 is 2.74 bits per heavy atom. The number of amides is 1. The maximum atomic E-state index is 13.5. The summed E-state index contributed by atoms with van der Waals surface area (Å²) in [6.07, 6.45) is 0. The standard InChI is InChI=1S/C12H9FN2O3S/c1-6-3-2-4-7(13)9(6)15-10(16)8-5-19-11(14-8)12(17)18/h2-5H,1H3,(H,15,16)(H,17,18). The second kappa shape index (κ2) is 5.15. The number of carboxylic acid groups (broad SMARTS) is 1. The molecule has 0 unspecified atom stereocenters. The molecule has 2 rings (SSSR count). The van der Waals surface area contributed by atoms with Gasteiger partial charge >= 0.3 is 5.97 Å². The topological polar surface area (TPSA) is 79.3 Å². The van der Waals surface area contributed by atoms with Crippen LogP contribution in [0.4, 0.5) is 10.1 Å². The van der Waals surface area contributed by atoms with E-state index in [1.54, 1.807) is 13.0 Å². The Bertz CT molecular complexity index is 634. The van der Waals surface area contributed by atoms with Gasteiger partial charge in [-0.1, -0.05) is 12.1 Å². The number of halogens is 1. The van der Waals surface area contributed by atoms with Crippen LogP contribution in [0.1, 0.15) is 25.9 Å². The predicted molar refractivity (Wildman–Crippen MR) is 68.2 cm³/mol. The molecule has 2 N–H and O–H groups in total. The van der Waals surface area contributed by atoms with Gasteiger partial charge in [-0.05, 0) is 18.6 Å². The number of nitrogens with one attached hydrogen (secondary N) is 1. The summed E-state index contributed by atoms with van der Waals surface area (Å²) in [4.78, 5) is 26.1. The minimum Gasteiger partial charge on any atom is -0.476 e. The third-order valence-electron chi connectivity index (χ3n) is 2.38. The van der Waals surface area contributed by atoms with Crippen molar-refractivity contribution in [3.8, 4) is 0 Å². The second-order valence-electron chi connectivity index (χ2n) is 3.73. The first-order valence-corrected chi connectivity index (χ1v) is 6.12. The number of rotatable bonds is 3. The molecule has 2 aromatic rings. The number of aromatic carboxylic acids is 1. The van der Waals surface area contributed by atoms with E-state index in [0.29, 0.717) is 5.56 Å². The molecule has 0 aliphatic carbocycles. The van der Waals surface area contributed by atoms with Crippen molar-refractivity contribution in [1.29, 1.82) is 0 Å². The van der Waals surface area contributed by atoms with E-state index in [4.69, 9.17) is 5.11 Å². The number of aryl methyl sites for hydroxylation is 1. The van der Waals surface area contributed by atoms with Crippen molar-refractivity contribution in [3.05, 3.63) is 45.7 Å². The van der Waals surface area contributed by atoms with Crippen molar-refractivity contribution in [2.45, 2.75) is 6.92 Å². The highest BCUT2D eigenvalue weighted by Crippen LogP contribution is 2.20. The van der Waals surface area contributed by atoms with Gasteiger partial charge in [0.25, 0.3) is 5.91 Å². The molecule has 0 spiro atoms. The molecular formula is C12H9FN2O3S. The molecule has 19 heavy (non-hydrogen) atoms. The molecule has 0 radical (unpaired) electrons. The molecule has 0 aliphatic heterocycles. The van der Waals surface area contributed by atoms with Gasteiger partial charge in [-0.25, -0.2) is 14.2 Å². The van der Waals surface area contributed by atoms with Crippen LogP contribution in [-0.2, 0) is 0 Å². The van der Waals surface area contributed by atoms with Crippen LogP contribution in [0, 0.1) is 12.7 Å². The number of nitrogens with zero attached hydrogens (tertiary/aromatic N) is 1. The van der Waals surface area contributed by atoms with Crippen LogP contribution < -0.4 is 5.32 Å². The number of anilines is 1. The third kappa shape index (κ3) is 2.76. The fraction of sp³-hybridized carbons (Fsp3) is 0.0833. The van der Waals surface area contributed by atoms with E-state index in [1.807, 2.05) is 0 Å². The van der Waals surface area contributed by atoms with E-state index in [9.17, 15) is 14.0 Å². The van der Waals surface area contributed by atoms with E-state index in [-0.39, 0.29) is 16.4 Å². The fourth-order valence-electron chi connectivity index (χ4n) is 1.44. The van der Waals surface area contributed by atoms with Gasteiger partial charge in [0, 0.05) is 5.38 Å². The lowest BCUT2D eigenvalue weighted by molar-refractivity contribution is 0.0696. The maximum absolute atomic E-state index is 13.5. The van der Waals surface area contributed by atoms with Crippen LogP contribution in [-0.4, -0.2) is 22.0 Å². The molecule has 7 heteroatoms. The molecule has 0 atom stereocenters. The summed E-state index contributed by atoms with van der Waals surface area (Å²) in [5.41, 5.74) is 0.587. The molecule has 5 nitrogen and oxygen atoms in total. The summed E-state index contributed by atoms with van der Waals surface area (Å²) in [5.74, 6) is -2.40. The first kappa shape index (κ1) is 13.2. The molecule has 0 bridgehead atoms. The average molecular weight is 280 g/mol. The van der Waals surface area contributed by atoms with Crippen LogP contribution in [0.25, 0.3) is 0 Å². The smallest absolute Gasteiger partial charge is 0.365 e. The summed E-state index contributed by atoms with van der Waals surface area (Å²) in [6.45, 7) is 1.66. The van der Waals surface area contributed by atoms with Gasteiger partial charge < -0.3 is 10.4 Å². The summed E-state index contributed by atoms with van der Waals surface area (Å²) >= 11 is 0.840.